The van der Waals surface area contributed by atoms with E-state index in [2.05, 4.69) is 11.4 Å². The number of esters is 1. The first-order valence-electron chi connectivity index (χ1n) is 9.04. The zero-order valence-electron chi connectivity index (χ0n) is 15.7. The van der Waals surface area contributed by atoms with Crippen LogP contribution < -0.4 is 10.5 Å². The van der Waals surface area contributed by atoms with Gasteiger partial charge in [0.15, 0.2) is 6.61 Å². The van der Waals surface area contributed by atoms with E-state index in [-0.39, 0.29) is 0 Å². The highest BCUT2D eigenvalue weighted by Crippen LogP contribution is 2.36. The molecular weight excluding hydrogens is 433 g/mol. The van der Waals surface area contributed by atoms with Crippen LogP contribution in [0.4, 0.5) is 9.39 Å². The molecule has 11 heteroatoms. The standard InChI is InChI=1S/C19H18FN3O5S2/c20-15-7-6-11(30(22,26)27)8-13(15)19(25)28-10-17(24)23-18-14(9-21)12-4-2-1-3-5-16(12)29-18/h6-8H,1-5,10H2,(H,23,24)(H2,22,26,27). The summed E-state index contributed by atoms with van der Waals surface area (Å²) >= 11 is 1.33. The number of carbonyl (C=O) groups is 2. The van der Waals surface area contributed by atoms with Crippen molar-refractivity contribution >= 4 is 38.2 Å². The molecule has 3 N–H and O–H groups in total. The molecule has 2 aromatic rings. The SMILES string of the molecule is N#Cc1c(NC(=O)COC(=O)c2cc(S(N)(=O)=O)ccc2F)sc2c1CCCCC2. The normalized spacial score (nSPS) is 13.6. The van der Waals surface area contributed by atoms with Crippen molar-refractivity contribution in [1.29, 1.82) is 5.26 Å². The molecule has 0 radical (unpaired) electrons. The molecule has 8 nitrogen and oxygen atoms in total. The number of nitrogens with zero attached hydrogens (tertiary/aromatic N) is 1. The molecule has 0 saturated carbocycles. The lowest BCUT2D eigenvalue weighted by atomic mass is 10.1. The van der Waals surface area contributed by atoms with Gasteiger partial charge in [-0.3, -0.25) is 4.79 Å². The number of rotatable bonds is 5. The van der Waals surface area contributed by atoms with E-state index < -0.39 is 44.8 Å². The minimum absolute atomic E-state index is 0.396. The Morgan fingerprint density at radius 1 is 1.27 bits per heavy atom. The van der Waals surface area contributed by atoms with Gasteiger partial charge in [-0.05, 0) is 49.4 Å². The number of benzene rings is 1. The Hall–Kier alpha value is -2.81. The Labute approximate surface area is 176 Å². The molecule has 1 aliphatic rings. The third-order valence-electron chi connectivity index (χ3n) is 4.61. The van der Waals surface area contributed by atoms with Crippen molar-refractivity contribution < 1.29 is 27.1 Å². The molecule has 1 amide bonds. The maximum atomic E-state index is 13.9. The summed E-state index contributed by atoms with van der Waals surface area (Å²) in [6, 6.07) is 4.56. The van der Waals surface area contributed by atoms with Crippen molar-refractivity contribution in [2.24, 2.45) is 5.14 Å². The molecule has 0 aliphatic heterocycles. The number of hydrogen-bond donors (Lipinski definition) is 2. The van der Waals surface area contributed by atoms with Crippen LogP contribution in [0.1, 0.15) is 45.6 Å². The third-order valence-corrected chi connectivity index (χ3v) is 6.72. The van der Waals surface area contributed by atoms with Crippen molar-refractivity contribution in [2.45, 2.75) is 37.0 Å². The van der Waals surface area contributed by atoms with Gasteiger partial charge < -0.3 is 10.1 Å². The van der Waals surface area contributed by atoms with Gasteiger partial charge in [-0.15, -0.1) is 11.3 Å². The number of nitriles is 1. The van der Waals surface area contributed by atoms with Crippen LogP contribution >= 0.6 is 11.3 Å². The molecule has 1 aliphatic carbocycles. The monoisotopic (exact) mass is 451 g/mol. The second-order valence-corrected chi connectivity index (χ2v) is 9.36. The van der Waals surface area contributed by atoms with Crippen LogP contribution in [-0.4, -0.2) is 26.9 Å². The summed E-state index contributed by atoms with van der Waals surface area (Å²) in [6.07, 6.45) is 4.71. The molecule has 1 aromatic heterocycles. The topological polar surface area (TPSA) is 139 Å². The average Bonchev–Trinajstić information content (AvgIpc) is 2.84. The summed E-state index contributed by atoms with van der Waals surface area (Å²) in [5, 5.41) is 17.4. The third kappa shape index (κ3) is 4.84. The molecule has 158 valence electrons. The molecule has 1 heterocycles. The first-order chi connectivity index (χ1) is 14.2. The molecule has 0 spiro atoms. The number of thiophene rings is 1. The van der Waals surface area contributed by atoms with Crippen molar-refractivity contribution in [3.05, 3.63) is 45.6 Å². The number of halogens is 1. The molecule has 1 aromatic carbocycles. The molecule has 30 heavy (non-hydrogen) atoms. The lowest BCUT2D eigenvalue weighted by Gasteiger charge is -2.08. The zero-order valence-corrected chi connectivity index (χ0v) is 17.4. The highest BCUT2D eigenvalue weighted by atomic mass is 32.2. The van der Waals surface area contributed by atoms with Gasteiger partial charge in [0.05, 0.1) is 16.0 Å². The summed E-state index contributed by atoms with van der Waals surface area (Å²) in [5.41, 5.74) is 0.715. The Balaban J connectivity index is 1.69. The predicted molar refractivity (Wildman–Crippen MR) is 107 cm³/mol. The maximum absolute atomic E-state index is 13.9. The van der Waals surface area contributed by atoms with E-state index in [9.17, 15) is 27.7 Å². The van der Waals surface area contributed by atoms with E-state index in [4.69, 9.17) is 9.88 Å². The number of hydrogen-bond acceptors (Lipinski definition) is 7. The quantitative estimate of drug-likeness (QED) is 0.529. The van der Waals surface area contributed by atoms with Gasteiger partial charge in [-0.2, -0.15) is 5.26 Å². The molecule has 0 saturated heterocycles. The van der Waals surface area contributed by atoms with Crippen LogP contribution in [0.25, 0.3) is 0 Å². The van der Waals surface area contributed by atoms with E-state index in [0.717, 1.165) is 60.7 Å². The van der Waals surface area contributed by atoms with Gasteiger partial charge in [0.2, 0.25) is 10.0 Å². The predicted octanol–water partition coefficient (Wildman–Crippen LogP) is 2.47. The Kier molecular flexibility index (Phi) is 6.50. The largest absolute Gasteiger partial charge is 0.452 e. The molecule has 3 rings (SSSR count). The van der Waals surface area contributed by atoms with E-state index in [1.54, 1.807) is 0 Å². The fourth-order valence-electron chi connectivity index (χ4n) is 3.16. The van der Waals surface area contributed by atoms with Gasteiger partial charge in [-0.25, -0.2) is 22.7 Å². The summed E-state index contributed by atoms with van der Waals surface area (Å²) in [6.45, 7) is -0.731. The minimum Gasteiger partial charge on any atom is -0.452 e. The van der Waals surface area contributed by atoms with Gasteiger partial charge in [0.25, 0.3) is 5.91 Å². The number of ether oxygens (including phenoxy) is 1. The van der Waals surface area contributed by atoms with Crippen LogP contribution in [-0.2, 0) is 32.4 Å². The van der Waals surface area contributed by atoms with E-state index in [0.29, 0.717) is 10.6 Å². The van der Waals surface area contributed by atoms with Crippen molar-refractivity contribution in [3.63, 3.8) is 0 Å². The number of nitrogens with one attached hydrogen (secondary N) is 1. The first kappa shape index (κ1) is 21.9. The highest BCUT2D eigenvalue weighted by Gasteiger charge is 2.22. The second-order valence-electron chi connectivity index (χ2n) is 6.69. The van der Waals surface area contributed by atoms with Gasteiger partial charge in [-0.1, -0.05) is 6.42 Å². The van der Waals surface area contributed by atoms with Crippen molar-refractivity contribution in [3.8, 4) is 6.07 Å². The van der Waals surface area contributed by atoms with E-state index in [1.807, 2.05) is 0 Å². The second kappa shape index (κ2) is 8.91. The number of fused-ring (bicyclic) bond motifs is 1. The van der Waals surface area contributed by atoms with Crippen LogP contribution in [0, 0.1) is 17.1 Å². The fraction of sp³-hybridized carbons (Fsp3) is 0.316. The van der Waals surface area contributed by atoms with Crippen LogP contribution in [0.5, 0.6) is 0 Å². The van der Waals surface area contributed by atoms with Crippen molar-refractivity contribution in [1.82, 2.24) is 0 Å². The van der Waals surface area contributed by atoms with E-state index in [1.165, 1.54) is 11.3 Å². The highest BCUT2D eigenvalue weighted by molar-refractivity contribution is 7.89. The average molecular weight is 452 g/mol. The number of nitrogens with two attached hydrogens (primary N) is 1. The molecular formula is C19H18FN3O5S2. The van der Waals surface area contributed by atoms with E-state index >= 15 is 0 Å². The Morgan fingerprint density at radius 2 is 2.00 bits per heavy atom. The number of amides is 1. The lowest BCUT2D eigenvalue weighted by Crippen LogP contribution is -2.22. The minimum atomic E-state index is -4.14. The van der Waals surface area contributed by atoms with Gasteiger partial charge >= 0.3 is 5.97 Å². The maximum Gasteiger partial charge on any atom is 0.341 e. The first-order valence-corrected chi connectivity index (χ1v) is 11.4. The number of anilines is 1. The van der Waals surface area contributed by atoms with Crippen LogP contribution in [0.3, 0.4) is 0 Å². The lowest BCUT2D eigenvalue weighted by molar-refractivity contribution is -0.119. The van der Waals surface area contributed by atoms with Gasteiger partial charge in [0, 0.05) is 4.88 Å². The van der Waals surface area contributed by atoms with Gasteiger partial charge in [0.1, 0.15) is 16.9 Å². The summed E-state index contributed by atoms with van der Waals surface area (Å²) < 4.78 is 41.4. The zero-order chi connectivity index (χ0) is 21.9. The number of sulfonamides is 1. The summed E-state index contributed by atoms with van der Waals surface area (Å²) in [5.74, 6) is -2.92. The molecule has 0 bridgehead atoms. The Bertz CT molecular complexity index is 1150. The molecule has 0 atom stereocenters. The Morgan fingerprint density at radius 3 is 2.70 bits per heavy atom. The van der Waals surface area contributed by atoms with Crippen LogP contribution in [0.15, 0.2) is 23.1 Å². The number of aryl methyl sites for hydroxylation is 1. The molecule has 0 fully saturated rings. The summed E-state index contributed by atoms with van der Waals surface area (Å²) in [7, 11) is -4.14. The smallest absolute Gasteiger partial charge is 0.341 e. The molecule has 0 unspecified atom stereocenters. The van der Waals surface area contributed by atoms with Crippen LogP contribution in [0.2, 0.25) is 0 Å². The fourth-order valence-corrected chi connectivity index (χ4v) is 4.95. The number of carbonyl (C=O) groups excluding carboxylic acids is 2. The van der Waals surface area contributed by atoms with Crippen molar-refractivity contribution in [2.75, 3.05) is 11.9 Å². The summed E-state index contributed by atoms with van der Waals surface area (Å²) in [4.78, 5) is 24.9. The number of primary sulfonamides is 1.